The van der Waals surface area contributed by atoms with Crippen molar-refractivity contribution in [3.05, 3.63) is 18.2 Å². The van der Waals surface area contributed by atoms with Gasteiger partial charge in [0.15, 0.2) is 0 Å². The third kappa shape index (κ3) is 7.34. The second-order valence-corrected chi connectivity index (χ2v) is 9.09. The molecule has 0 aliphatic carbocycles. The molecule has 140 valence electrons. The van der Waals surface area contributed by atoms with Crippen molar-refractivity contribution in [2.24, 2.45) is 0 Å². The van der Waals surface area contributed by atoms with Crippen molar-refractivity contribution in [3.8, 4) is 5.75 Å². The minimum atomic E-state index is -4.98. The number of nitrogens with zero attached hydrogens (tertiary/aromatic N) is 1. The summed E-state index contributed by atoms with van der Waals surface area (Å²) in [6.07, 6.45) is 4.37. The standard InChI is InChI=1S/C8H10AsNO5.C8H15NO/c1-5(11)10-7-4-6(9(13,14)15)2-3-8(7)12;1-2-8(10)9-6-4-3-5-7-9/h2-4,12H,1H3,(H,10,11)(H2,13,14,15);2-7H2,1H3. The van der Waals surface area contributed by atoms with Crippen LogP contribution in [0.15, 0.2) is 18.2 Å². The van der Waals surface area contributed by atoms with Crippen molar-refractivity contribution in [3.63, 3.8) is 0 Å². The average Bonchev–Trinajstić information content (AvgIpc) is 2.56. The number of nitrogens with one attached hydrogen (secondary N) is 1. The molecule has 0 saturated carbocycles. The zero-order chi connectivity index (χ0) is 19.0. The van der Waals surface area contributed by atoms with Crippen molar-refractivity contribution in [1.29, 1.82) is 0 Å². The summed E-state index contributed by atoms with van der Waals surface area (Å²) in [4.78, 5) is 23.8. The molecule has 1 aromatic rings. The molecule has 1 aliphatic rings. The number of carbonyl (C=O) groups excluding carboxylic acids is 2. The van der Waals surface area contributed by atoms with Crippen molar-refractivity contribution in [2.75, 3.05) is 18.4 Å². The van der Waals surface area contributed by atoms with Crippen molar-refractivity contribution < 1.29 is 26.6 Å². The Morgan fingerprint density at radius 3 is 2.28 bits per heavy atom. The van der Waals surface area contributed by atoms with E-state index in [-0.39, 0.29) is 15.8 Å². The van der Waals surface area contributed by atoms with Crippen LogP contribution in [0.1, 0.15) is 39.5 Å². The summed E-state index contributed by atoms with van der Waals surface area (Å²) in [5.41, 5.74) is -0.00951. The summed E-state index contributed by atoms with van der Waals surface area (Å²) in [7, 11) is 0. The SMILES string of the molecule is CC(=O)Nc1cc([As](=O)(O)O)ccc1O.CCC(=O)N1CCCCC1. The van der Waals surface area contributed by atoms with Gasteiger partial charge < -0.3 is 4.90 Å². The molecule has 0 unspecified atom stereocenters. The number of piperidine rings is 1. The van der Waals surface area contributed by atoms with Crippen LogP contribution in [0.2, 0.25) is 0 Å². The van der Waals surface area contributed by atoms with E-state index in [1.165, 1.54) is 26.2 Å². The third-order valence-electron chi connectivity index (χ3n) is 3.64. The van der Waals surface area contributed by atoms with E-state index in [0.29, 0.717) is 12.3 Å². The first kappa shape index (κ1) is 21.3. The molecule has 9 heteroatoms. The van der Waals surface area contributed by atoms with Crippen LogP contribution in [0.3, 0.4) is 0 Å². The third-order valence-corrected chi connectivity index (χ3v) is 5.63. The Hall–Kier alpha value is -1.76. The molecule has 8 nitrogen and oxygen atoms in total. The van der Waals surface area contributed by atoms with Gasteiger partial charge in [0, 0.05) is 19.5 Å². The molecule has 0 spiro atoms. The number of hydrogen-bond acceptors (Lipinski definition) is 4. The molecule has 0 radical (unpaired) electrons. The number of likely N-dealkylation sites (tertiary alicyclic amines) is 1. The van der Waals surface area contributed by atoms with Crippen LogP contribution in [0.25, 0.3) is 0 Å². The van der Waals surface area contributed by atoms with Gasteiger partial charge in [-0.15, -0.1) is 0 Å². The zero-order valence-corrected chi connectivity index (χ0v) is 16.3. The average molecular weight is 416 g/mol. The van der Waals surface area contributed by atoms with Gasteiger partial charge in [-0.25, -0.2) is 0 Å². The molecule has 0 atom stereocenters. The molecule has 4 N–H and O–H groups in total. The van der Waals surface area contributed by atoms with E-state index in [2.05, 4.69) is 5.32 Å². The Labute approximate surface area is 149 Å². The second-order valence-electron chi connectivity index (χ2n) is 5.72. The van der Waals surface area contributed by atoms with E-state index < -0.39 is 20.1 Å². The molecule has 1 aromatic carbocycles. The molecular weight excluding hydrogens is 391 g/mol. The van der Waals surface area contributed by atoms with Crippen molar-refractivity contribution in [1.82, 2.24) is 4.90 Å². The van der Waals surface area contributed by atoms with Gasteiger partial charge in [-0.05, 0) is 19.3 Å². The summed E-state index contributed by atoms with van der Waals surface area (Å²) in [6.45, 7) is 5.14. The summed E-state index contributed by atoms with van der Waals surface area (Å²) in [6, 6.07) is 3.32. The summed E-state index contributed by atoms with van der Waals surface area (Å²) in [5.74, 6) is -0.349. The Morgan fingerprint density at radius 2 is 1.80 bits per heavy atom. The molecule has 25 heavy (non-hydrogen) atoms. The number of hydrogen-bond donors (Lipinski definition) is 4. The van der Waals surface area contributed by atoms with Crippen LogP contribution < -0.4 is 9.67 Å². The topological polar surface area (TPSA) is 127 Å². The largest absolute Gasteiger partial charge is 0.343 e. The van der Waals surface area contributed by atoms with Crippen LogP contribution in [0, 0.1) is 0 Å². The molecule has 1 aliphatic heterocycles. The summed E-state index contributed by atoms with van der Waals surface area (Å²) >= 11 is -4.98. The van der Waals surface area contributed by atoms with Crippen LogP contribution in [-0.4, -0.2) is 57.3 Å². The Balaban J connectivity index is 0.000000271. The molecular formula is C16H25AsN2O6. The number of aromatic hydroxyl groups is 1. The smallest absolute Gasteiger partial charge is 0.222 e. The zero-order valence-electron chi connectivity index (χ0n) is 14.4. The Morgan fingerprint density at radius 1 is 1.20 bits per heavy atom. The summed E-state index contributed by atoms with van der Waals surface area (Å²) < 4.78 is 28.6. The molecule has 1 saturated heterocycles. The number of phenolic OH excluding ortho intramolecular Hbond substituents is 1. The van der Waals surface area contributed by atoms with Gasteiger partial charge in [-0.1, -0.05) is 6.92 Å². The first-order valence-electron chi connectivity index (χ1n) is 8.09. The predicted octanol–water partition coefficient (Wildman–Crippen LogP) is 0.320. The first-order chi connectivity index (χ1) is 11.6. The molecule has 1 fully saturated rings. The fraction of sp³-hybridized carbons (Fsp3) is 0.500. The monoisotopic (exact) mass is 416 g/mol. The van der Waals surface area contributed by atoms with Gasteiger partial charge in [-0.3, -0.25) is 4.79 Å². The quantitative estimate of drug-likeness (QED) is 0.415. The number of phenols is 1. The van der Waals surface area contributed by atoms with Crippen LogP contribution in [0.4, 0.5) is 5.69 Å². The minimum Gasteiger partial charge on any atom is -0.343 e. The predicted molar refractivity (Wildman–Crippen MR) is 93.6 cm³/mol. The molecule has 2 rings (SSSR count). The van der Waals surface area contributed by atoms with Crippen LogP contribution >= 0.6 is 0 Å². The fourth-order valence-corrected chi connectivity index (χ4v) is 3.55. The minimum absolute atomic E-state index is 0.00951. The summed E-state index contributed by atoms with van der Waals surface area (Å²) in [5, 5.41) is 11.6. The second kappa shape index (κ2) is 9.65. The number of amides is 2. The van der Waals surface area contributed by atoms with E-state index in [1.54, 1.807) is 0 Å². The van der Waals surface area contributed by atoms with Gasteiger partial charge in [0.05, 0.1) is 0 Å². The Kier molecular flexibility index (Phi) is 8.22. The maximum atomic E-state index is 11.1. The van der Waals surface area contributed by atoms with E-state index in [0.717, 1.165) is 31.3 Å². The van der Waals surface area contributed by atoms with E-state index >= 15 is 0 Å². The van der Waals surface area contributed by atoms with Crippen LogP contribution in [-0.2, 0) is 13.3 Å². The fourth-order valence-electron chi connectivity index (χ4n) is 2.36. The van der Waals surface area contributed by atoms with E-state index in [4.69, 9.17) is 8.19 Å². The molecule has 0 aromatic heterocycles. The first-order valence-corrected chi connectivity index (χ1v) is 11.5. The maximum Gasteiger partial charge on any atom is 0.222 e. The normalized spacial score (nSPS) is 14.3. The Bertz CT molecular complexity index is 652. The van der Waals surface area contributed by atoms with E-state index in [1.807, 2.05) is 11.8 Å². The van der Waals surface area contributed by atoms with Gasteiger partial charge in [0.1, 0.15) is 0 Å². The maximum absolute atomic E-state index is 11.1. The molecule has 0 bridgehead atoms. The van der Waals surface area contributed by atoms with Gasteiger partial charge in [0.2, 0.25) is 5.91 Å². The number of rotatable bonds is 3. The molecule has 2 amide bonds. The van der Waals surface area contributed by atoms with Gasteiger partial charge in [0.25, 0.3) is 0 Å². The number of anilines is 1. The van der Waals surface area contributed by atoms with Crippen molar-refractivity contribution >= 4 is 36.0 Å². The van der Waals surface area contributed by atoms with Gasteiger partial charge >= 0.3 is 88.1 Å². The molecule has 1 heterocycles. The van der Waals surface area contributed by atoms with E-state index in [9.17, 15) is 18.4 Å². The van der Waals surface area contributed by atoms with Crippen LogP contribution in [0.5, 0.6) is 5.75 Å². The number of benzene rings is 1. The van der Waals surface area contributed by atoms with Crippen molar-refractivity contribution in [2.45, 2.75) is 39.5 Å². The van der Waals surface area contributed by atoms with Gasteiger partial charge in [-0.2, -0.15) is 0 Å². The number of carbonyl (C=O) groups is 2.